The van der Waals surface area contributed by atoms with Crippen molar-refractivity contribution < 1.29 is 14.1 Å². The van der Waals surface area contributed by atoms with Gasteiger partial charge in [-0.1, -0.05) is 5.16 Å². The molecule has 1 unspecified atom stereocenters. The van der Waals surface area contributed by atoms with Crippen LogP contribution >= 0.6 is 0 Å². The molecule has 4 heterocycles. The summed E-state index contributed by atoms with van der Waals surface area (Å²) in [6.07, 6.45) is 6.23. The largest absolute Gasteiger partial charge is 0.375 e. The van der Waals surface area contributed by atoms with Crippen molar-refractivity contribution in [3.8, 4) is 0 Å². The summed E-state index contributed by atoms with van der Waals surface area (Å²) < 4.78 is 11.5. The van der Waals surface area contributed by atoms with Gasteiger partial charge >= 0.3 is 0 Å². The number of likely N-dealkylation sites (tertiary alicyclic amines) is 1. The Hall–Kier alpha value is -2.28. The first kappa shape index (κ1) is 18.1. The highest BCUT2D eigenvalue weighted by Crippen LogP contribution is 2.38. The fraction of sp³-hybridized carbons (Fsp3) is 0.600. The predicted octanol–water partition coefficient (Wildman–Crippen LogP) is 2.73. The second-order valence-corrected chi connectivity index (χ2v) is 7.81. The molecule has 1 spiro atoms. The first-order valence-electron chi connectivity index (χ1n) is 9.68. The molecule has 2 aliphatic rings. The standard InChI is InChI=1S/C20H26N4O3/c1-14-3-4-17(13-21-14)19(25)24-8-6-20(7-9-24)12-16(5-10-26-20)11-18-22-15(2)23-27-18/h3-4,13,16H,5-12H2,1-2H3. The van der Waals surface area contributed by atoms with Gasteiger partial charge in [0.2, 0.25) is 5.89 Å². The van der Waals surface area contributed by atoms with Crippen molar-refractivity contribution in [1.82, 2.24) is 20.0 Å². The Balaban J connectivity index is 1.35. The van der Waals surface area contributed by atoms with Crippen molar-refractivity contribution in [1.29, 1.82) is 0 Å². The number of aromatic nitrogens is 3. The monoisotopic (exact) mass is 370 g/mol. The maximum Gasteiger partial charge on any atom is 0.255 e. The average molecular weight is 370 g/mol. The second-order valence-electron chi connectivity index (χ2n) is 7.81. The molecule has 2 aliphatic heterocycles. The van der Waals surface area contributed by atoms with Gasteiger partial charge in [0, 0.05) is 38.0 Å². The molecule has 0 aliphatic carbocycles. The Morgan fingerprint density at radius 1 is 1.30 bits per heavy atom. The zero-order chi connectivity index (χ0) is 18.9. The van der Waals surface area contributed by atoms with Crippen LogP contribution in [0.2, 0.25) is 0 Å². The summed E-state index contributed by atoms with van der Waals surface area (Å²) in [6, 6.07) is 3.74. The van der Waals surface area contributed by atoms with Gasteiger partial charge in [0.1, 0.15) is 0 Å². The van der Waals surface area contributed by atoms with Crippen LogP contribution in [-0.2, 0) is 11.2 Å². The lowest BCUT2D eigenvalue weighted by atomic mass is 9.78. The summed E-state index contributed by atoms with van der Waals surface area (Å²) in [5.41, 5.74) is 1.45. The van der Waals surface area contributed by atoms with Gasteiger partial charge in [-0.15, -0.1) is 0 Å². The number of pyridine rings is 1. The highest BCUT2D eigenvalue weighted by Gasteiger charge is 2.41. The van der Waals surface area contributed by atoms with E-state index >= 15 is 0 Å². The molecule has 0 N–H and O–H groups in total. The molecule has 4 rings (SSSR count). The normalized spacial score (nSPS) is 22.1. The summed E-state index contributed by atoms with van der Waals surface area (Å²) in [4.78, 5) is 23.2. The van der Waals surface area contributed by atoms with Crippen LogP contribution in [0, 0.1) is 19.8 Å². The van der Waals surface area contributed by atoms with Crippen LogP contribution in [0.1, 0.15) is 53.5 Å². The van der Waals surface area contributed by atoms with E-state index in [4.69, 9.17) is 9.26 Å². The lowest BCUT2D eigenvalue weighted by Crippen LogP contribution is -2.51. The highest BCUT2D eigenvalue weighted by atomic mass is 16.5. The first-order chi connectivity index (χ1) is 13.0. The SMILES string of the molecule is Cc1ccc(C(=O)N2CCC3(CC2)CC(Cc2nc(C)no2)CCO3)cn1. The number of carbonyl (C=O) groups excluding carboxylic acids is 1. The fourth-order valence-corrected chi connectivity index (χ4v) is 4.22. The second kappa shape index (κ2) is 7.38. The molecular formula is C20H26N4O3. The highest BCUT2D eigenvalue weighted by molar-refractivity contribution is 5.94. The van der Waals surface area contributed by atoms with E-state index in [0.29, 0.717) is 23.2 Å². The lowest BCUT2D eigenvalue weighted by molar-refractivity contribution is -0.124. The molecule has 27 heavy (non-hydrogen) atoms. The average Bonchev–Trinajstić information content (AvgIpc) is 3.07. The quantitative estimate of drug-likeness (QED) is 0.826. The van der Waals surface area contributed by atoms with Gasteiger partial charge in [0.15, 0.2) is 5.82 Å². The Kier molecular flexibility index (Phi) is 4.95. The van der Waals surface area contributed by atoms with Crippen molar-refractivity contribution in [2.24, 2.45) is 5.92 Å². The number of hydrogen-bond acceptors (Lipinski definition) is 6. The summed E-state index contributed by atoms with van der Waals surface area (Å²) in [5.74, 6) is 1.95. The summed E-state index contributed by atoms with van der Waals surface area (Å²) in [5, 5.41) is 3.88. The zero-order valence-corrected chi connectivity index (χ0v) is 16.0. The van der Waals surface area contributed by atoms with Crippen LogP contribution in [0.3, 0.4) is 0 Å². The molecule has 0 radical (unpaired) electrons. The molecule has 7 heteroatoms. The Bertz CT molecular complexity index is 794. The minimum atomic E-state index is -0.125. The molecule has 2 aromatic rings. The Morgan fingerprint density at radius 3 is 2.78 bits per heavy atom. The van der Waals surface area contributed by atoms with Crippen molar-refractivity contribution in [3.05, 3.63) is 41.3 Å². The molecule has 2 aromatic heterocycles. The van der Waals surface area contributed by atoms with Gasteiger partial charge in [0.25, 0.3) is 5.91 Å². The topological polar surface area (TPSA) is 81.4 Å². The number of piperidine rings is 1. The third-order valence-electron chi connectivity index (χ3n) is 5.75. The number of aryl methyl sites for hydroxylation is 2. The van der Waals surface area contributed by atoms with E-state index in [9.17, 15) is 4.79 Å². The first-order valence-corrected chi connectivity index (χ1v) is 9.68. The molecular weight excluding hydrogens is 344 g/mol. The number of amides is 1. The van der Waals surface area contributed by atoms with E-state index in [1.165, 1.54) is 0 Å². The third kappa shape index (κ3) is 4.03. The van der Waals surface area contributed by atoms with Crippen LogP contribution in [0.15, 0.2) is 22.9 Å². The molecule has 0 bridgehead atoms. The Labute approximate surface area is 159 Å². The number of ether oxygens (including phenoxy) is 1. The minimum absolute atomic E-state index is 0.0612. The van der Waals surface area contributed by atoms with Gasteiger partial charge in [-0.05, 0) is 57.6 Å². The number of nitrogens with zero attached hydrogens (tertiary/aromatic N) is 4. The van der Waals surface area contributed by atoms with Crippen molar-refractivity contribution in [2.75, 3.05) is 19.7 Å². The van der Waals surface area contributed by atoms with Crippen molar-refractivity contribution in [2.45, 2.75) is 51.6 Å². The lowest BCUT2D eigenvalue weighted by Gasteiger charge is -2.46. The molecule has 0 saturated carbocycles. The minimum Gasteiger partial charge on any atom is -0.375 e. The molecule has 7 nitrogen and oxygen atoms in total. The van der Waals surface area contributed by atoms with Gasteiger partial charge in [0.05, 0.1) is 11.2 Å². The van der Waals surface area contributed by atoms with Gasteiger partial charge in [-0.25, -0.2) is 0 Å². The van der Waals surface area contributed by atoms with E-state index in [2.05, 4.69) is 15.1 Å². The fourth-order valence-electron chi connectivity index (χ4n) is 4.22. The van der Waals surface area contributed by atoms with Crippen LogP contribution in [0.25, 0.3) is 0 Å². The molecule has 2 fully saturated rings. The third-order valence-corrected chi connectivity index (χ3v) is 5.75. The maximum atomic E-state index is 12.7. The zero-order valence-electron chi connectivity index (χ0n) is 16.0. The molecule has 144 valence electrons. The van der Waals surface area contributed by atoms with Crippen molar-refractivity contribution in [3.63, 3.8) is 0 Å². The van der Waals surface area contributed by atoms with E-state index in [0.717, 1.165) is 57.5 Å². The predicted molar refractivity (Wildman–Crippen MR) is 98.3 cm³/mol. The number of carbonyl (C=O) groups is 1. The summed E-state index contributed by atoms with van der Waals surface area (Å²) >= 11 is 0. The summed E-state index contributed by atoms with van der Waals surface area (Å²) in [6.45, 7) is 5.96. The number of rotatable bonds is 3. The smallest absolute Gasteiger partial charge is 0.255 e. The van der Waals surface area contributed by atoms with E-state index in [1.54, 1.807) is 6.20 Å². The summed E-state index contributed by atoms with van der Waals surface area (Å²) in [7, 11) is 0. The molecule has 1 atom stereocenters. The van der Waals surface area contributed by atoms with Crippen LogP contribution < -0.4 is 0 Å². The van der Waals surface area contributed by atoms with Crippen LogP contribution in [0.5, 0.6) is 0 Å². The maximum absolute atomic E-state index is 12.7. The van der Waals surface area contributed by atoms with Gasteiger partial charge in [-0.2, -0.15) is 4.98 Å². The van der Waals surface area contributed by atoms with E-state index < -0.39 is 0 Å². The molecule has 2 saturated heterocycles. The Morgan fingerprint density at radius 2 is 2.11 bits per heavy atom. The number of hydrogen-bond donors (Lipinski definition) is 0. The molecule has 0 aromatic carbocycles. The van der Waals surface area contributed by atoms with Gasteiger partial charge < -0.3 is 14.2 Å². The van der Waals surface area contributed by atoms with Gasteiger partial charge in [-0.3, -0.25) is 9.78 Å². The van der Waals surface area contributed by atoms with E-state index in [-0.39, 0.29) is 11.5 Å². The van der Waals surface area contributed by atoms with Crippen molar-refractivity contribution >= 4 is 5.91 Å². The van der Waals surface area contributed by atoms with E-state index in [1.807, 2.05) is 30.9 Å². The molecule has 1 amide bonds. The van der Waals surface area contributed by atoms with Crippen LogP contribution in [0.4, 0.5) is 0 Å². The van der Waals surface area contributed by atoms with Crippen LogP contribution in [-0.4, -0.2) is 51.2 Å².